The Morgan fingerprint density at radius 2 is 1.65 bits per heavy atom. The number of thiazole rings is 1. The normalized spacial score (nSPS) is 12.0. The van der Waals surface area contributed by atoms with E-state index in [1.807, 2.05) is 6.07 Å². The van der Waals surface area contributed by atoms with Gasteiger partial charge in [-0.05, 0) is 18.2 Å². The fourth-order valence-corrected chi connectivity index (χ4v) is 3.86. The number of hydrogen-bond donors (Lipinski definition) is 0. The summed E-state index contributed by atoms with van der Waals surface area (Å²) in [5, 5.41) is 5.06. The second-order valence-corrected chi connectivity index (χ2v) is 7.20. The Balaban J connectivity index is 1.98. The first-order valence-electron chi connectivity index (χ1n) is 7.49. The molecule has 4 rings (SSSR count). The summed E-state index contributed by atoms with van der Waals surface area (Å²) >= 11 is 13.4. The van der Waals surface area contributed by atoms with Gasteiger partial charge in [0.2, 0.25) is 4.96 Å². The van der Waals surface area contributed by atoms with E-state index in [1.54, 1.807) is 48.5 Å². The van der Waals surface area contributed by atoms with E-state index >= 15 is 0 Å². The lowest BCUT2D eigenvalue weighted by molar-refractivity contribution is 0.873. The lowest BCUT2D eigenvalue weighted by Crippen LogP contribution is -2.26. The van der Waals surface area contributed by atoms with Crippen LogP contribution in [0.25, 0.3) is 22.3 Å². The maximum absolute atomic E-state index is 12.7. The van der Waals surface area contributed by atoms with Crippen molar-refractivity contribution in [2.24, 2.45) is 0 Å². The van der Waals surface area contributed by atoms with Gasteiger partial charge in [-0.25, -0.2) is 0 Å². The van der Waals surface area contributed by atoms with Crippen molar-refractivity contribution < 1.29 is 0 Å². The van der Waals surface area contributed by atoms with Crippen LogP contribution in [0, 0.1) is 0 Å². The van der Waals surface area contributed by atoms with Crippen LogP contribution in [0.15, 0.2) is 58.1 Å². The smallest absolute Gasteiger partial charge is 0.266 e. The summed E-state index contributed by atoms with van der Waals surface area (Å²) in [7, 11) is 0. The molecular formula is C18H9Cl2N3O2S. The van der Waals surface area contributed by atoms with Crippen LogP contribution in [0.3, 0.4) is 0 Å². The molecule has 5 nitrogen and oxygen atoms in total. The molecule has 8 heteroatoms. The highest BCUT2D eigenvalue weighted by molar-refractivity contribution is 7.15. The van der Waals surface area contributed by atoms with Crippen LogP contribution in [0.4, 0.5) is 0 Å². The third-order valence-electron chi connectivity index (χ3n) is 3.71. The van der Waals surface area contributed by atoms with Crippen molar-refractivity contribution in [3.05, 3.63) is 89.4 Å². The van der Waals surface area contributed by atoms with Crippen molar-refractivity contribution in [3.63, 3.8) is 0 Å². The van der Waals surface area contributed by atoms with Gasteiger partial charge in [0.05, 0.1) is 4.53 Å². The minimum Gasteiger partial charge on any atom is -0.266 e. The largest absolute Gasteiger partial charge is 0.300 e. The third-order valence-corrected chi connectivity index (χ3v) is 5.33. The molecule has 0 aliphatic rings. The maximum atomic E-state index is 12.7. The Labute approximate surface area is 160 Å². The van der Waals surface area contributed by atoms with Gasteiger partial charge < -0.3 is 0 Å². The lowest BCUT2D eigenvalue weighted by Gasteiger charge is -1.99. The highest BCUT2D eigenvalue weighted by Crippen LogP contribution is 2.24. The van der Waals surface area contributed by atoms with E-state index in [-0.39, 0.29) is 16.2 Å². The second-order valence-electron chi connectivity index (χ2n) is 5.38. The standard InChI is InChI=1S/C18H9Cl2N3O2S/c19-12-7-4-8-13(20)11(12)9-14-17(25)23-18(26-14)21-16(24)15(22-23)10-5-2-1-3-6-10/h1-9H. The minimum absolute atomic E-state index is 0.125. The number of benzene rings is 2. The second kappa shape index (κ2) is 6.64. The van der Waals surface area contributed by atoms with E-state index in [2.05, 4.69) is 10.1 Å². The number of nitrogens with zero attached hydrogens (tertiary/aromatic N) is 3. The molecule has 2 heterocycles. The number of rotatable bonds is 2. The molecule has 0 unspecified atom stereocenters. The molecule has 0 bridgehead atoms. The Bertz CT molecular complexity index is 1280. The molecule has 0 aliphatic heterocycles. The molecule has 0 saturated heterocycles. The highest BCUT2D eigenvalue weighted by atomic mass is 35.5. The van der Waals surface area contributed by atoms with Crippen molar-refractivity contribution in [2.45, 2.75) is 0 Å². The van der Waals surface area contributed by atoms with Gasteiger partial charge >= 0.3 is 5.56 Å². The summed E-state index contributed by atoms with van der Waals surface area (Å²) < 4.78 is 1.47. The Kier molecular flexibility index (Phi) is 4.32. The van der Waals surface area contributed by atoms with Crippen LogP contribution in [-0.2, 0) is 0 Å². The van der Waals surface area contributed by atoms with Crippen LogP contribution in [0.1, 0.15) is 5.56 Å². The average molecular weight is 402 g/mol. The van der Waals surface area contributed by atoms with Crippen LogP contribution < -0.4 is 15.7 Å². The average Bonchev–Trinajstić information content (AvgIpc) is 2.93. The Morgan fingerprint density at radius 1 is 0.962 bits per heavy atom. The van der Waals surface area contributed by atoms with Crippen molar-refractivity contribution in [1.82, 2.24) is 14.6 Å². The fourth-order valence-electron chi connectivity index (χ4n) is 2.47. The van der Waals surface area contributed by atoms with Gasteiger partial charge in [0.15, 0.2) is 5.69 Å². The molecule has 0 amide bonds. The molecule has 2 aromatic heterocycles. The molecule has 0 aliphatic carbocycles. The maximum Gasteiger partial charge on any atom is 0.300 e. The zero-order valence-corrected chi connectivity index (χ0v) is 15.3. The van der Waals surface area contributed by atoms with E-state index in [0.717, 1.165) is 15.9 Å². The summed E-state index contributed by atoms with van der Waals surface area (Å²) in [4.78, 5) is 29.2. The zero-order chi connectivity index (χ0) is 18.3. The molecule has 4 aromatic rings. The van der Waals surface area contributed by atoms with Crippen LogP contribution >= 0.6 is 34.5 Å². The predicted octanol–water partition coefficient (Wildman–Crippen LogP) is 3.03. The first kappa shape index (κ1) is 16.9. The predicted molar refractivity (Wildman–Crippen MR) is 104 cm³/mol. The molecule has 0 radical (unpaired) electrons. The van der Waals surface area contributed by atoms with Gasteiger partial charge in [-0.3, -0.25) is 9.59 Å². The number of halogens is 2. The Hall–Kier alpha value is -2.54. The van der Waals surface area contributed by atoms with Crippen molar-refractivity contribution in [3.8, 4) is 11.3 Å². The molecule has 26 heavy (non-hydrogen) atoms. The van der Waals surface area contributed by atoms with Crippen molar-refractivity contribution in [1.29, 1.82) is 0 Å². The minimum atomic E-state index is -0.486. The monoisotopic (exact) mass is 401 g/mol. The van der Waals surface area contributed by atoms with E-state index in [0.29, 0.717) is 25.7 Å². The summed E-state index contributed by atoms with van der Waals surface area (Å²) in [6.45, 7) is 0. The molecule has 128 valence electrons. The third kappa shape index (κ3) is 2.92. The van der Waals surface area contributed by atoms with E-state index in [9.17, 15) is 9.59 Å². The molecule has 0 fully saturated rings. The first-order valence-corrected chi connectivity index (χ1v) is 9.07. The van der Waals surface area contributed by atoms with Crippen LogP contribution in [-0.4, -0.2) is 14.6 Å². The summed E-state index contributed by atoms with van der Waals surface area (Å²) in [6, 6.07) is 14.0. The van der Waals surface area contributed by atoms with E-state index in [1.165, 1.54) is 0 Å². The number of fused-ring (bicyclic) bond motifs is 1. The molecule has 0 N–H and O–H groups in total. The lowest BCUT2D eigenvalue weighted by atomic mass is 10.2. The molecule has 0 saturated carbocycles. The molecule has 0 atom stereocenters. The van der Waals surface area contributed by atoms with E-state index < -0.39 is 5.56 Å². The summed E-state index contributed by atoms with van der Waals surface area (Å²) in [6.07, 6.45) is 1.58. The SMILES string of the molecule is O=c1nc2sc(=Cc3c(Cl)cccc3Cl)c(=O)n2nc1-c1ccccc1. The van der Waals surface area contributed by atoms with Gasteiger partial charge in [0.25, 0.3) is 5.56 Å². The van der Waals surface area contributed by atoms with Crippen LogP contribution in [0.5, 0.6) is 0 Å². The van der Waals surface area contributed by atoms with Gasteiger partial charge in [0.1, 0.15) is 0 Å². The van der Waals surface area contributed by atoms with Gasteiger partial charge in [0, 0.05) is 21.2 Å². The van der Waals surface area contributed by atoms with E-state index in [4.69, 9.17) is 23.2 Å². The quantitative estimate of drug-likeness (QED) is 0.517. The fraction of sp³-hybridized carbons (Fsp3) is 0. The Morgan fingerprint density at radius 3 is 2.35 bits per heavy atom. The van der Waals surface area contributed by atoms with Gasteiger partial charge in [-0.15, -0.1) is 0 Å². The zero-order valence-electron chi connectivity index (χ0n) is 13.0. The van der Waals surface area contributed by atoms with Gasteiger partial charge in [-0.2, -0.15) is 14.6 Å². The molecule has 0 spiro atoms. The first-order chi connectivity index (χ1) is 12.5. The molecule has 2 aromatic carbocycles. The summed E-state index contributed by atoms with van der Waals surface area (Å²) in [5.41, 5.74) is 0.390. The highest BCUT2D eigenvalue weighted by Gasteiger charge is 2.13. The van der Waals surface area contributed by atoms with Crippen LogP contribution in [0.2, 0.25) is 10.0 Å². The number of aromatic nitrogens is 3. The number of hydrogen-bond acceptors (Lipinski definition) is 5. The topological polar surface area (TPSA) is 64.3 Å². The van der Waals surface area contributed by atoms with Crippen molar-refractivity contribution >= 4 is 45.6 Å². The summed E-state index contributed by atoms with van der Waals surface area (Å²) in [5.74, 6) is 0. The van der Waals surface area contributed by atoms with Gasteiger partial charge in [-0.1, -0.05) is 70.9 Å². The van der Waals surface area contributed by atoms with Crippen molar-refractivity contribution in [2.75, 3.05) is 0 Å². The molecular weight excluding hydrogens is 393 g/mol.